The third-order valence-corrected chi connectivity index (χ3v) is 5.87. The van der Waals surface area contributed by atoms with E-state index >= 15 is 0 Å². The molecule has 0 saturated carbocycles. The van der Waals surface area contributed by atoms with Crippen molar-refractivity contribution < 1.29 is 26.4 Å². The van der Waals surface area contributed by atoms with Crippen molar-refractivity contribution in [3.63, 3.8) is 0 Å². The molecule has 1 amide bonds. The van der Waals surface area contributed by atoms with Crippen LogP contribution in [0.15, 0.2) is 18.3 Å². The predicted octanol–water partition coefficient (Wildman–Crippen LogP) is 1.75. The highest BCUT2D eigenvalue weighted by molar-refractivity contribution is 7.92. The Labute approximate surface area is 126 Å². The average Bonchev–Trinajstić information content (AvgIpc) is 2.57. The van der Waals surface area contributed by atoms with E-state index in [-0.39, 0.29) is 25.3 Å². The van der Waals surface area contributed by atoms with E-state index in [9.17, 15) is 26.4 Å². The zero-order valence-electron chi connectivity index (χ0n) is 11.8. The molecule has 0 aliphatic carbocycles. The molecule has 0 radical (unpaired) electrons. The van der Waals surface area contributed by atoms with Crippen LogP contribution in [-0.2, 0) is 16.0 Å². The second-order valence-corrected chi connectivity index (χ2v) is 7.69. The van der Waals surface area contributed by atoms with E-state index in [0.717, 1.165) is 17.2 Å². The van der Waals surface area contributed by atoms with Gasteiger partial charge in [0.15, 0.2) is 15.5 Å². The van der Waals surface area contributed by atoms with E-state index in [2.05, 4.69) is 4.98 Å². The number of hydrogen-bond donors (Lipinski definition) is 0. The van der Waals surface area contributed by atoms with Gasteiger partial charge < -0.3 is 4.90 Å². The first-order valence-electron chi connectivity index (χ1n) is 6.66. The second kappa shape index (κ2) is 5.86. The molecule has 1 aliphatic rings. The number of hydrogen-bond acceptors (Lipinski definition) is 4. The molecule has 0 spiro atoms. The third kappa shape index (κ3) is 3.40. The molecule has 122 valence electrons. The second-order valence-electron chi connectivity index (χ2n) is 5.16. The van der Waals surface area contributed by atoms with Crippen LogP contribution in [0.5, 0.6) is 0 Å². The molecule has 2 heterocycles. The summed E-state index contributed by atoms with van der Waals surface area (Å²) in [6.07, 6.45) is -3.57. The van der Waals surface area contributed by atoms with Crippen molar-refractivity contribution in [2.75, 3.05) is 18.8 Å². The van der Waals surface area contributed by atoms with Gasteiger partial charge in [-0.2, -0.15) is 13.2 Å². The van der Waals surface area contributed by atoms with E-state index < -0.39 is 38.4 Å². The molecule has 1 aromatic heterocycles. The summed E-state index contributed by atoms with van der Waals surface area (Å²) in [7, 11) is -3.32. The monoisotopic (exact) mass is 336 g/mol. The Morgan fingerprint density at radius 1 is 1.36 bits per heavy atom. The summed E-state index contributed by atoms with van der Waals surface area (Å²) < 4.78 is 62.3. The molecule has 5 nitrogen and oxygen atoms in total. The van der Waals surface area contributed by atoms with Crippen molar-refractivity contribution in [1.82, 2.24) is 9.88 Å². The Bertz CT molecular complexity index is 673. The summed E-state index contributed by atoms with van der Waals surface area (Å²) in [5.74, 6) is -1.09. The Balaban J connectivity index is 2.30. The van der Waals surface area contributed by atoms with Crippen molar-refractivity contribution in [2.24, 2.45) is 0 Å². The summed E-state index contributed by atoms with van der Waals surface area (Å²) in [4.78, 5) is 16.7. The van der Waals surface area contributed by atoms with Crippen LogP contribution in [-0.4, -0.2) is 48.3 Å². The van der Waals surface area contributed by atoms with Gasteiger partial charge in [-0.25, -0.2) is 8.42 Å². The van der Waals surface area contributed by atoms with Gasteiger partial charge in [0.1, 0.15) is 0 Å². The third-order valence-electron chi connectivity index (χ3n) is 3.66. The van der Waals surface area contributed by atoms with E-state index in [1.54, 1.807) is 0 Å². The molecule has 1 atom stereocenters. The summed E-state index contributed by atoms with van der Waals surface area (Å²) in [5, 5.41) is -0.610. The van der Waals surface area contributed by atoms with Crippen molar-refractivity contribution in [3.05, 3.63) is 29.6 Å². The number of rotatable bonds is 1. The highest BCUT2D eigenvalue weighted by Crippen LogP contribution is 2.30. The van der Waals surface area contributed by atoms with Gasteiger partial charge in [-0.05, 0) is 25.5 Å². The Morgan fingerprint density at radius 2 is 2.05 bits per heavy atom. The van der Waals surface area contributed by atoms with Crippen LogP contribution < -0.4 is 0 Å². The van der Waals surface area contributed by atoms with Gasteiger partial charge in [-0.1, -0.05) is 0 Å². The van der Waals surface area contributed by atoms with Gasteiger partial charge in [-0.15, -0.1) is 0 Å². The van der Waals surface area contributed by atoms with Gasteiger partial charge in [0, 0.05) is 19.3 Å². The van der Waals surface area contributed by atoms with Gasteiger partial charge in [0.05, 0.1) is 16.6 Å². The first kappa shape index (κ1) is 16.7. The lowest BCUT2D eigenvalue weighted by Gasteiger charge is -2.21. The standard InChI is InChI=1S/C13H15F3N2O3S/c1-9-4-6-18(7-8-22(9,20)21)12(19)10-3-2-5-17-11(10)13(14,15)16/h2-3,5,9H,4,6-8H2,1H3/t9-/m1/s1. The number of aromatic nitrogens is 1. The zero-order valence-corrected chi connectivity index (χ0v) is 12.6. The number of amides is 1. The molecule has 1 fully saturated rings. The van der Waals surface area contributed by atoms with Gasteiger partial charge in [-0.3, -0.25) is 9.78 Å². The molecule has 0 unspecified atom stereocenters. The minimum atomic E-state index is -4.74. The molecule has 1 aliphatic heterocycles. The van der Waals surface area contributed by atoms with E-state index in [1.165, 1.54) is 13.0 Å². The summed E-state index contributed by atoms with van der Waals surface area (Å²) in [5.41, 5.74) is -1.80. The van der Waals surface area contributed by atoms with Crippen molar-refractivity contribution in [3.8, 4) is 0 Å². The van der Waals surface area contributed by atoms with E-state index in [0.29, 0.717) is 0 Å². The van der Waals surface area contributed by atoms with E-state index in [1.807, 2.05) is 0 Å². The van der Waals surface area contributed by atoms with Gasteiger partial charge in [0.2, 0.25) is 0 Å². The summed E-state index contributed by atoms with van der Waals surface area (Å²) in [6, 6.07) is 2.31. The summed E-state index contributed by atoms with van der Waals surface area (Å²) in [6.45, 7) is 1.53. The van der Waals surface area contributed by atoms with Crippen molar-refractivity contribution in [2.45, 2.75) is 24.8 Å². The minimum absolute atomic E-state index is 0.103. The minimum Gasteiger partial charge on any atom is -0.338 e. The Hall–Kier alpha value is -1.64. The van der Waals surface area contributed by atoms with Gasteiger partial charge >= 0.3 is 6.18 Å². The molecule has 0 aromatic carbocycles. The van der Waals surface area contributed by atoms with Gasteiger partial charge in [0.25, 0.3) is 5.91 Å². The van der Waals surface area contributed by atoms with Crippen LogP contribution in [0.25, 0.3) is 0 Å². The maximum atomic E-state index is 12.9. The maximum absolute atomic E-state index is 12.9. The topological polar surface area (TPSA) is 67.3 Å². The number of nitrogens with zero attached hydrogens (tertiary/aromatic N) is 2. The zero-order chi connectivity index (χ0) is 16.5. The highest BCUT2D eigenvalue weighted by atomic mass is 32.2. The molecule has 2 rings (SSSR count). The Morgan fingerprint density at radius 3 is 2.68 bits per heavy atom. The van der Waals surface area contributed by atoms with Crippen molar-refractivity contribution >= 4 is 15.7 Å². The molecule has 0 N–H and O–H groups in total. The lowest BCUT2D eigenvalue weighted by molar-refractivity contribution is -0.141. The lowest BCUT2D eigenvalue weighted by Crippen LogP contribution is -2.35. The number of alkyl halides is 3. The van der Waals surface area contributed by atoms with Crippen LogP contribution >= 0.6 is 0 Å². The average molecular weight is 336 g/mol. The predicted molar refractivity (Wildman–Crippen MR) is 73.0 cm³/mol. The lowest BCUT2D eigenvalue weighted by atomic mass is 10.1. The number of sulfone groups is 1. The fraction of sp³-hybridized carbons (Fsp3) is 0.538. The Kier molecular flexibility index (Phi) is 4.46. The fourth-order valence-corrected chi connectivity index (χ4v) is 3.59. The number of halogens is 3. The number of carbonyl (C=O) groups excluding carboxylic acids is 1. The van der Waals surface area contributed by atoms with E-state index in [4.69, 9.17) is 0 Å². The molecule has 9 heteroatoms. The molecular weight excluding hydrogens is 321 g/mol. The van der Waals surface area contributed by atoms with Crippen LogP contribution in [0.2, 0.25) is 0 Å². The molecule has 22 heavy (non-hydrogen) atoms. The molecule has 1 aromatic rings. The number of carbonyl (C=O) groups is 1. The quantitative estimate of drug-likeness (QED) is 0.784. The fourth-order valence-electron chi connectivity index (χ4n) is 2.24. The van der Waals surface area contributed by atoms with Crippen LogP contribution in [0.4, 0.5) is 13.2 Å². The first-order valence-corrected chi connectivity index (χ1v) is 8.37. The summed E-state index contributed by atoms with van der Waals surface area (Å²) >= 11 is 0. The largest absolute Gasteiger partial charge is 0.434 e. The van der Waals surface area contributed by atoms with Crippen molar-refractivity contribution in [1.29, 1.82) is 0 Å². The SMILES string of the molecule is C[C@@H]1CCN(C(=O)c2cccnc2C(F)(F)F)CCS1(=O)=O. The molecule has 0 bridgehead atoms. The van der Waals surface area contributed by atoms with Crippen LogP contribution in [0, 0.1) is 0 Å². The normalized spacial score (nSPS) is 22.2. The van der Waals surface area contributed by atoms with Crippen LogP contribution in [0.3, 0.4) is 0 Å². The number of pyridine rings is 1. The smallest absolute Gasteiger partial charge is 0.338 e. The molecule has 1 saturated heterocycles. The van der Waals surface area contributed by atoms with Crippen LogP contribution in [0.1, 0.15) is 29.4 Å². The maximum Gasteiger partial charge on any atom is 0.434 e. The first-order chi connectivity index (χ1) is 10.1. The molecular formula is C13H15F3N2O3S. The highest BCUT2D eigenvalue weighted by Gasteiger charge is 2.38.